The molecule has 0 atom stereocenters. The molecule has 0 saturated carbocycles. The molecule has 0 heterocycles. The number of thioether (sulfide) groups is 1. The van der Waals surface area contributed by atoms with E-state index in [0.717, 1.165) is 5.56 Å². The quantitative estimate of drug-likeness (QED) is 0.405. The third-order valence-corrected chi connectivity index (χ3v) is 13.7. The van der Waals surface area contributed by atoms with E-state index in [1.54, 1.807) is 5.19 Å². The molecule has 0 saturated heterocycles. The van der Waals surface area contributed by atoms with Gasteiger partial charge in [-0.2, -0.15) is 0 Å². The van der Waals surface area contributed by atoms with Crippen LogP contribution in [0.1, 0.15) is 66.5 Å². The first-order valence-corrected chi connectivity index (χ1v) is 14.1. The molecule has 0 aromatic heterocycles. The van der Waals surface area contributed by atoms with Gasteiger partial charge in [-0.05, 0) is 33.9 Å². The van der Waals surface area contributed by atoms with Crippen molar-refractivity contribution in [3.05, 3.63) is 53.6 Å². The number of aromatic hydroxyl groups is 1. The molecule has 2 rings (SSSR count). The third kappa shape index (κ3) is 5.04. The van der Waals surface area contributed by atoms with Crippen LogP contribution in [0.2, 0.25) is 12.1 Å². The van der Waals surface area contributed by atoms with Crippen LogP contribution in [0, 0.1) is 0 Å². The summed E-state index contributed by atoms with van der Waals surface area (Å²) in [7, 11) is -1.56. The average molecular weight is 415 g/mol. The lowest BCUT2D eigenvalue weighted by Gasteiger charge is -2.32. The standard InChI is InChI=1S/C25H38OSSi/c1-9-28(10-2,19-14-12-11-13-15-19)18-27-23-17-20(24(3,4)5)22(26)16-21(23)25(6,7)8/h11-17,26H,9-10,18H2,1-8H3. The molecule has 0 radical (unpaired) electrons. The number of phenols is 1. The zero-order valence-electron chi connectivity index (χ0n) is 19.0. The van der Waals surface area contributed by atoms with Crippen molar-refractivity contribution in [3.8, 4) is 5.75 Å². The van der Waals surface area contributed by atoms with Crippen LogP contribution in [0.3, 0.4) is 0 Å². The summed E-state index contributed by atoms with van der Waals surface area (Å²) in [6, 6.07) is 18.0. The highest BCUT2D eigenvalue weighted by Crippen LogP contribution is 2.41. The van der Waals surface area contributed by atoms with Crippen molar-refractivity contribution in [1.29, 1.82) is 0 Å². The fraction of sp³-hybridized carbons (Fsp3) is 0.520. The average Bonchev–Trinajstić information content (AvgIpc) is 2.62. The van der Waals surface area contributed by atoms with Gasteiger partial charge in [0.05, 0.1) is 8.07 Å². The highest BCUT2D eigenvalue weighted by molar-refractivity contribution is 8.01. The van der Waals surface area contributed by atoms with Crippen molar-refractivity contribution in [2.45, 2.75) is 83.2 Å². The van der Waals surface area contributed by atoms with E-state index >= 15 is 0 Å². The Morgan fingerprint density at radius 3 is 1.82 bits per heavy atom. The molecule has 0 unspecified atom stereocenters. The lowest BCUT2D eigenvalue weighted by Crippen LogP contribution is -2.49. The van der Waals surface area contributed by atoms with Gasteiger partial charge in [0, 0.05) is 10.5 Å². The third-order valence-electron chi connectivity index (χ3n) is 5.96. The van der Waals surface area contributed by atoms with Crippen LogP contribution < -0.4 is 5.19 Å². The highest BCUT2D eigenvalue weighted by atomic mass is 32.2. The van der Waals surface area contributed by atoms with Crippen molar-refractivity contribution in [2.75, 3.05) is 5.38 Å². The van der Waals surface area contributed by atoms with Gasteiger partial charge in [0.1, 0.15) is 5.75 Å². The Bertz CT molecular complexity index is 781. The predicted molar refractivity (Wildman–Crippen MR) is 129 cm³/mol. The van der Waals surface area contributed by atoms with E-state index in [1.165, 1.54) is 27.9 Å². The minimum Gasteiger partial charge on any atom is -0.508 e. The van der Waals surface area contributed by atoms with Crippen LogP contribution in [0.25, 0.3) is 0 Å². The van der Waals surface area contributed by atoms with Crippen molar-refractivity contribution in [3.63, 3.8) is 0 Å². The molecule has 1 nitrogen and oxygen atoms in total. The van der Waals surface area contributed by atoms with Crippen LogP contribution in [0.5, 0.6) is 5.75 Å². The van der Waals surface area contributed by atoms with E-state index in [2.05, 4.69) is 91.8 Å². The van der Waals surface area contributed by atoms with Crippen LogP contribution >= 0.6 is 11.8 Å². The summed E-state index contributed by atoms with van der Waals surface area (Å²) >= 11 is 2.01. The number of phenolic OH excluding ortho intramolecular Hbond substituents is 1. The monoisotopic (exact) mass is 414 g/mol. The van der Waals surface area contributed by atoms with Gasteiger partial charge < -0.3 is 5.11 Å². The van der Waals surface area contributed by atoms with Crippen LogP contribution in [0.15, 0.2) is 47.4 Å². The molecule has 0 fully saturated rings. The Hall–Kier alpha value is -1.19. The SMILES string of the molecule is CC[Si](CC)(CSc1cc(C(C)(C)C)c(O)cc1C(C)(C)C)c1ccccc1. The highest BCUT2D eigenvalue weighted by Gasteiger charge is 2.33. The first-order valence-electron chi connectivity index (χ1n) is 10.5. The summed E-state index contributed by atoms with van der Waals surface area (Å²) in [5, 5.41) is 13.5. The number of benzene rings is 2. The van der Waals surface area contributed by atoms with E-state index in [4.69, 9.17) is 0 Å². The van der Waals surface area contributed by atoms with E-state index < -0.39 is 8.07 Å². The van der Waals surface area contributed by atoms with E-state index in [0.29, 0.717) is 5.75 Å². The first-order chi connectivity index (χ1) is 12.9. The molecule has 2 aromatic rings. The number of hydrogen-bond donors (Lipinski definition) is 1. The number of rotatable bonds is 6. The lowest BCUT2D eigenvalue weighted by molar-refractivity contribution is 0.441. The zero-order valence-corrected chi connectivity index (χ0v) is 20.8. The molecule has 0 bridgehead atoms. The van der Waals surface area contributed by atoms with Gasteiger partial charge in [-0.15, -0.1) is 11.8 Å². The van der Waals surface area contributed by atoms with Crippen molar-refractivity contribution < 1.29 is 5.11 Å². The Balaban J connectivity index is 2.48. The van der Waals surface area contributed by atoms with Crippen LogP contribution in [-0.4, -0.2) is 18.6 Å². The largest absolute Gasteiger partial charge is 0.508 e. The Labute approximate surface area is 178 Å². The Morgan fingerprint density at radius 1 is 0.821 bits per heavy atom. The van der Waals surface area contributed by atoms with E-state index in [-0.39, 0.29) is 10.8 Å². The maximum atomic E-state index is 10.7. The van der Waals surface area contributed by atoms with Gasteiger partial charge in [0.2, 0.25) is 0 Å². The van der Waals surface area contributed by atoms with Crippen molar-refractivity contribution in [1.82, 2.24) is 0 Å². The van der Waals surface area contributed by atoms with E-state index in [9.17, 15) is 5.11 Å². The normalized spacial score (nSPS) is 13.0. The predicted octanol–water partition coefficient (Wildman–Crippen LogP) is 7.01. The second kappa shape index (κ2) is 8.67. The fourth-order valence-corrected chi connectivity index (χ4v) is 10.8. The molecule has 3 heteroatoms. The van der Waals surface area contributed by atoms with Crippen LogP contribution in [-0.2, 0) is 10.8 Å². The number of hydrogen-bond acceptors (Lipinski definition) is 2. The smallest absolute Gasteiger partial charge is 0.119 e. The molecular weight excluding hydrogens is 376 g/mol. The second-order valence-corrected chi connectivity index (χ2v) is 16.4. The molecule has 0 aliphatic rings. The molecule has 0 aliphatic heterocycles. The molecule has 2 aromatic carbocycles. The Kier molecular flexibility index (Phi) is 7.15. The molecular formula is C25H38OSSi. The summed E-state index contributed by atoms with van der Waals surface area (Å²) in [6.07, 6.45) is 0. The van der Waals surface area contributed by atoms with Gasteiger partial charge in [0.25, 0.3) is 0 Å². The lowest BCUT2D eigenvalue weighted by atomic mass is 9.81. The molecule has 28 heavy (non-hydrogen) atoms. The maximum absolute atomic E-state index is 10.7. The van der Waals surface area contributed by atoms with Gasteiger partial charge in [-0.3, -0.25) is 0 Å². The minimum atomic E-state index is -1.56. The minimum absolute atomic E-state index is 0.00557. The maximum Gasteiger partial charge on any atom is 0.119 e. The zero-order chi connectivity index (χ0) is 21.2. The second-order valence-electron chi connectivity index (χ2n) is 10.0. The van der Waals surface area contributed by atoms with Gasteiger partial charge in [0.15, 0.2) is 0 Å². The molecule has 0 spiro atoms. The topological polar surface area (TPSA) is 20.2 Å². The van der Waals surface area contributed by atoms with E-state index in [1.807, 2.05) is 17.8 Å². The van der Waals surface area contributed by atoms with Crippen molar-refractivity contribution in [2.24, 2.45) is 0 Å². The molecule has 154 valence electrons. The summed E-state index contributed by atoms with van der Waals surface area (Å²) < 4.78 is 0. The molecule has 1 N–H and O–H groups in total. The Morgan fingerprint density at radius 2 is 1.36 bits per heavy atom. The van der Waals surface area contributed by atoms with Crippen molar-refractivity contribution >= 4 is 25.0 Å². The van der Waals surface area contributed by atoms with Gasteiger partial charge >= 0.3 is 0 Å². The van der Waals surface area contributed by atoms with Gasteiger partial charge in [-0.1, -0.05) is 103 Å². The fourth-order valence-electron chi connectivity index (χ4n) is 3.83. The summed E-state index contributed by atoms with van der Waals surface area (Å²) in [6.45, 7) is 18.0. The molecule has 0 aliphatic carbocycles. The first kappa shape index (κ1) is 23.1. The summed E-state index contributed by atoms with van der Waals surface area (Å²) in [4.78, 5) is 1.34. The van der Waals surface area contributed by atoms with Crippen LogP contribution in [0.4, 0.5) is 0 Å². The molecule has 0 amide bonds. The van der Waals surface area contributed by atoms with Gasteiger partial charge in [-0.25, -0.2) is 0 Å². The summed E-state index contributed by atoms with van der Waals surface area (Å²) in [5.74, 6) is 0.430. The summed E-state index contributed by atoms with van der Waals surface area (Å²) in [5.41, 5.74) is 2.24.